The zero-order valence-corrected chi connectivity index (χ0v) is 9.66. The van der Waals surface area contributed by atoms with Gasteiger partial charge in [-0.2, -0.15) is 0 Å². The molecule has 0 saturated heterocycles. The van der Waals surface area contributed by atoms with Crippen LogP contribution in [-0.2, 0) is 9.59 Å². The van der Waals surface area contributed by atoms with Gasteiger partial charge in [-0.15, -0.1) is 0 Å². The van der Waals surface area contributed by atoms with E-state index in [1.54, 1.807) is 0 Å². The average Bonchev–Trinajstić information content (AvgIpc) is 1.63. The molecule has 0 amide bonds. The molecular weight excluding hydrogens is 197 g/mol. The van der Waals surface area contributed by atoms with Crippen molar-refractivity contribution >= 4 is 11.9 Å². The molecule has 12 heavy (non-hydrogen) atoms. The third kappa shape index (κ3) is 13.1. The van der Waals surface area contributed by atoms with Crippen molar-refractivity contribution in [2.75, 3.05) is 0 Å². The standard InChI is InChI=1S/C4H7NO4.K.2H2O/c5-2(4(8)9)1-3(6)7;;;/h2H,1,5H2,(H,6,7)(H,8,9);;2*1H2/q;+1;;/p-1. The minimum absolute atomic E-state index is 0. The van der Waals surface area contributed by atoms with Crippen LogP contribution in [0.3, 0.4) is 0 Å². The van der Waals surface area contributed by atoms with Gasteiger partial charge in [-0.25, -0.2) is 0 Å². The van der Waals surface area contributed by atoms with Crippen molar-refractivity contribution in [1.82, 2.24) is 0 Å². The van der Waals surface area contributed by atoms with Gasteiger partial charge in [-0.3, -0.25) is 4.79 Å². The van der Waals surface area contributed by atoms with Gasteiger partial charge in [-0.1, -0.05) is 0 Å². The Bertz CT molecular complexity index is 140. The summed E-state index contributed by atoms with van der Waals surface area (Å²) in [5.41, 5.74) is 4.77. The van der Waals surface area contributed by atoms with Crippen molar-refractivity contribution in [2.24, 2.45) is 5.73 Å². The Labute approximate surface area is 111 Å². The summed E-state index contributed by atoms with van der Waals surface area (Å²) in [6, 6.07) is -1.40. The summed E-state index contributed by atoms with van der Waals surface area (Å²) in [4.78, 5) is 19.5. The van der Waals surface area contributed by atoms with Crippen LogP contribution in [0, 0.1) is 0 Å². The first kappa shape index (κ1) is 22.9. The number of carbonyl (C=O) groups is 2. The van der Waals surface area contributed by atoms with Crippen molar-refractivity contribution in [3.63, 3.8) is 0 Å². The quantitative estimate of drug-likeness (QED) is 0.438. The van der Waals surface area contributed by atoms with Gasteiger partial charge in [0.05, 0.1) is 18.4 Å². The Morgan fingerprint density at radius 3 is 1.83 bits per heavy atom. The van der Waals surface area contributed by atoms with Gasteiger partial charge in [0.2, 0.25) is 0 Å². The molecule has 7 nitrogen and oxygen atoms in total. The fourth-order valence-corrected chi connectivity index (χ4v) is 0.271. The number of hydrogen-bond donors (Lipinski definition) is 2. The van der Waals surface area contributed by atoms with Crippen LogP contribution < -0.4 is 62.2 Å². The first-order chi connectivity index (χ1) is 4.04. The predicted octanol–water partition coefficient (Wildman–Crippen LogP) is -7.11. The summed E-state index contributed by atoms with van der Waals surface area (Å²) in [5, 5.41) is 17.7. The number of rotatable bonds is 3. The van der Waals surface area contributed by atoms with Gasteiger partial charge in [0, 0.05) is 0 Å². The molecule has 0 aliphatic carbocycles. The summed E-state index contributed by atoms with van der Waals surface area (Å²) < 4.78 is 0. The van der Waals surface area contributed by atoms with Crippen LogP contribution in [0.15, 0.2) is 0 Å². The summed E-state index contributed by atoms with van der Waals surface area (Å²) in [5.74, 6) is -2.79. The first-order valence-electron chi connectivity index (χ1n) is 2.22. The number of aliphatic carboxylic acids is 2. The fourth-order valence-electron chi connectivity index (χ4n) is 0.271. The maximum absolute atomic E-state index is 9.74. The van der Waals surface area contributed by atoms with E-state index in [9.17, 15) is 14.7 Å². The smallest absolute Gasteiger partial charge is 0.548 e. The number of carboxylic acid groups (broad SMARTS) is 2. The van der Waals surface area contributed by atoms with Crippen molar-refractivity contribution < 1.29 is 82.1 Å². The average molecular weight is 207 g/mol. The summed E-state index contributed by atoms with van der Waals surface area (Å²) in [6.45, 7) is 0. The predicted molar refractivity (Wildman–Crippen MR) is 32.5 cm³/mol. The van der Waals surface area contributed by atoms with Crippen molar-refractivity contribution in [3.05, 3.63) is 0 Å². The Kier molecular flexibility index (Phi) is 21.8. The van der Waals surface area contributed by atoms with Gasteiger partial charge in [0.25, 0.3) is 0 Å². The topological polar surface area (TPSA) is 166 Å². The van der Waals surface area contributed by atoms with E-state index in [0.29, 0.717) is 0 Å². The number of nitrogens with two attached hydrogens (primary N) is 1. The molecule has 1 atom stereocenters. The molecule has 0 aromatic carbocycles. The fraction of sp³-hybridized carbons (Fsp3) is 0.500. The molecule has 0 radical (unpaired) electrons. The molecule has 0 rings (SSSR count). The van der Waals surface area contributed by atoms with Crippen LogP contribution in [0.5, 0.6) is 0 Å². The maximum Gasteiger partial charge on any atom is 1.00 e. The van der Waals surface area contributed by atoms with Gasteiger partial charge < -0.3 is 31.7 Å². The summed E-state index contributed by atoms with van der Waals surface area (Å²) >= 11 is 0. The molecule has 0 aromatic rings. The van der Waals surface area contributed by atoms with Crippen molar-refractivity contribution in [1.29, 1.82) is 0 Å². The van der Waals surface area contributed by atoms with E-state index >= 15 is 0 Å². The molecule has 8 heteroatoms. The molecule has 0 saturated carbocycles. The second-order valence-corrected chi connectivity index (χ2v) is 1.52. The minimum atomic E-state index is -1.54. The van der Waals surface area contributed by atoms with E-state index in [4.69, 9.17) is 10.8 Å². The molecule has 0 aliphatic heterocycles. The molecule has 0 aromatic heterocycles. The van der Waals surface area contributed by atoms with Crippen LogP contribution in [0.1, 0.15) is 6.42 Å². The molecule has 7 N–H and O–H groups in total. The SMILES string of the molecule is NC(CC(=O)O)C(=O)[O-].O.O.[K+]. The number of hydrogen-bond acceptors (Lipinski definition) is 4. The van der Waals surface area contributed by atoms with Crippen molar-refractivity contribution in [2.45, 2.75) is 12.5 Å². The van der Waals surface area contributed by atoms with Crippen LogP contribution >= 0.6 is 0 Å². The van der Waals surface area contributed by atoms with E-state index in [1.165, 1.54) is 0 Å². The molecule has 0 heterocycles. The Morgan fingerprint density at radius 2 is 1.75 bits per heavy atom. The molecule has 0 bridgehead atoms. The van der Waals surface area contributed by atoms with Crippen LogP contribution in [-0.4, -0.2) is 34.0 Å². The van der Waals surface area contributed by atoms with Gasteiger partial charge in [-0.05, 0) is 0 Å². The van der Waals surface area contributed by atoms with Crippen LogP contribution in [0.25, 0.3) is 0 Å². The van der Waals surface area contributed by atoms with Crippen LogP contribution in [0.4, 0.5) is 0 Å². The van der Waals surface area contributed by atoms with Gasteiger partial charge in [0.15, 0.2) is 0 Å². The maximum atomic E-state index is 9.74. The zero-order valence-electron chi connectivity index (χ0n) is 6.53. The Hall–Kier alpha value is 0.456. The van der Waals surface area contributed by atoms with E-state index in [-0.39, 0.29) is 62.3 Å². The molecular formula is C4H10KNO6. The molecule has 0 spiro atoms. The molecule has 1 unspecified atom stereocenters. The molecule has 0 aliphatic rings. The summed E-state index contributed by atoms with van der Waals surface area (Å²) in [7, 11) is 0. The van der Waals surface area contributed by atoms with E-state index in [1.807, 2.05) is 0 Å². The van der Waals surface area contributed by atoms with E-state index in [0.717, 1.165) is 0 Å². The van der Waals surface area contributed by atoms with Gasteiger partial charge in [0.1, 0.15) is 0 Å². The number of carboxylic acids is 2. The normalized spacial score (nSPS) is 9.42. The monoisotopic (exact) mass is 207 g/mol. The summed E-state index contributed by atoms with van der Waals surface area (Å²) in [6.07, 6.45) is -0.595. The third-order valence-corrected chi connectivity index (χ3v) is 0.697. The Balaban J connectivity index is -0.000000107. The second kappa shape index (κ2) is 11.5. The van der Waals surface area contributed by atoms with Crippen molar-refractivity contribution in [3.8, 4) is 0 Å². The van der Waals surface area contributed by atoms with Gasteiger partial charge >= 0.3 is 57.4 Å². The van der Waals surface area contributed by atoms with E-state index < -0.39 is 24.4 Å². The van der Waals surface area contributed by atoms with Crippen LogP contribution in [0.2, 0.25) is 0 Å². The zero-order chi connectivity index (χ0) is 7.44. The Morgan fingerprint density at radius 1 is 1.42 bits per heavy atom. The van der Waals surface area contributed by atoms with E-state index in [2.05, 4.69) is 0 Å². The third-order valence-electron chi connectivity index (χ3n) is 0.697. The largest absolute Gasteiger partial charge is 1.00 e. The second-order valence-electron chi connectivity index (χ2n) is 1.52. The minimum Gasteiger partial charge on any atom is -0.548 e. The first-order valence-corrected chi connectivity index (χ1v) is 2.22. The molecule has 68 valence electrons. The molecule has 0 fully saturated rings. The number of carbonyl (C=O) groups excluding carboxylic acids is 1.